The molecule has 170 valence electrons. The third kappa shape index (κ3) is 4.30. The Morgan fingerprint density at radius 2 is 1.87 bits per heavy atom. The van der Waals surface area contributed by atoms with Crippen LogP contribution in [0.1, 0.15) is 50.5 Å². The van der Waals surface area contributed by atoms with Crippen molar-refractivity contribution in [1.82, 2.24) is 20.4 Å². The van der Waals surface area contributed by atoms with Gasteiger partial charge in [0.15, 0.2) is 0 Å². The van der Waals surface area contributed by atoms with E-state index in [0.717, 1.165) is 32.2 Å². The molecular formula is C24H36N4O3. The predicted molar refractivity (Wildman–Crippen MR) is 119 cm³/mol. The highest BCUT2D eigenvalue weighted by molar-refractivity contribution is 5.86. The number of urea groups is 1. The Hall–Kier alpha value is -2.12. The lowest BCUT2D eigenvalue weighted by molar-refractivity contribution is -0.121. The second-order valence-electron chi connectivity index (χ2n) is 9.54. The average Bonchev–Trinajstić information content (AvgIpc) is 3.01. The van der Waals surface area contributed by atoms with E-state index < -0.39 is 0 Å². The predicted octanol–water partition coefficient (Wildman–Crippen LogP) is 2.06. The van der Waals surface area contributed by atoms with Crippen LogP contribution in [0, 0.1) is 5.92 Å². The van der Waals surface area contributed by atoms with Gasteiger partial charge in [-0.15, -0.1) is 0 Å². The lowest BCUT2D eigenvalue weighted by Crippen LogP contribution is -2.56. The van der Waals surface area contributed by atoms with Crippen LogP contribution in [0.25, 0.3) is 0 Å². The van der Waals surface area contributed by atoms with Crippen molar-refractivity contribution in [2.45, 2.75) is 56.0 Å². The molecule has 0 aromatic heterocycles. The minimum absolute atomic E-state index is 0.00252. The largest absolute Gasteiger partial charge is 0.395 e. The summed E-state index contributed by atoms with van der Waals surface area (Å²) in [5.74, 6) is 0.391. The van der Waals surface area contributed by atoms with E-state index in [1.165, 1.54) is 24.8 Å². The lowest BCUT2D eigenvalue weighted by Gasteiger charge is -2.49. The molecule has 1 aromatic rings. The number of benzene rings is 1. The number of rotatable bonds is 8. The quantitative estimate of drug-likeness (QED) is 0.592. The maximum atomic E-state index is 13.4. The number of amides is 3. The fraction of sp³-hybridized carbons (Fsp3) is 0.667. The molecule has 2 aliphatic carbocycles. The summed E-state index contributed by atoms with van der Waals surface area (Å²) in [5.41, 5.74) is 1.05. The van der Waals surface area contributed by atoms with Gasteiger partial charge < -0.3 is 25.5 Å². The van der Waals surface area contributed by atoms with Crippen molar-refractivity contribution in [3.8, 4) is 0 Å². The Labute approximate surface area is 185 Å². The molecule has 31 heavy (non-hydrogen) atoms. The molecule has 3 fully saturated rings. The molecule has 0 unspecified atom stereocenters. The molecule has 0 radical (unpaired) electrons. The Morgan fingerprint density at radius 1 is 1.16 bits per heavy atom. The molecule has 3 N–H and O–H groups in total. The summed E-state index contributed by atoms with van der Waals surface area (Å²) >= 11 is 0. The van der Waals surface area contributed by atoms with E-state index in [1.807, 2.05) is 13.1 Å². The molecule has 1 saturated heterocycles. The molecule has 7 nitrogen and oxygen atoms in total. The van der Waals surface area contributed by atoms with Gasteiger partial charge in [0, 0.05) is 25.2 Å². The zero-order valence-corrected chi connectivity index (χ0v) is 18.6. The van der Waals surface area contributed by atoms with Crippen LogP contribution < -0.4 is 10.6 Å². The van der Waals surface area contributed by atoms with E-state index in [1.54, 1.807) is 4.90 Å². The number of nitrogens with zero attached hydrogens (tertiary/aromatic N) is 2. The van der Waals surface area contributed by atoms with E-state index >= 15 is 0 Å². The van der Waals surface area contributed by atoms with Gasteiger partial charge in [-0.3, -0.25) is 4.79 Å². The van der Waals surface area contributed by atoms with E-state index in [4.69, 9.17) is 5.11 Å². The maximum absolute atomic E-state index is 13.4. The number of aliphatic hydroxyl groups excluding tert-OH is 1. The van der Waals surface area contributed by atoms with E-state index in [-0.39, 0.29) is 42.7 Å². The minimum Gasteiger partial charge on any atom is -0.395 e. The van der Waals surface area contributed by atoms with Crippen LogP contribution in [0.5, 0.6) is 0 Å². The first kappa shape index (κ1) is 22.1. The van der Waals surface area contributed by atoms with Crippen molar-refractivity contribution in [2.24, 2.45) is 5.92 Å². The van der Waals surface area contributed by atoms with Gasteiger partial charge >= 0.3 is 6.03 Å². The highest BCUT2D eigenvalue weighted by atomic mass is 16.3. The maximum Gasteiger partial charge on any atom is 0.321 e. The third-order valence-corrected chi connectivity index (χ3v) is 7.83. The molecule has 4 rings (SSSR count). The van der Waals surface area contributed by atoms with Crippen LogP contribution in [-0.2, 0) is 10.3 Å². The number of carbonyl (C=O) groups is 2. The van der Waals surface area contributed by atoms with Crippen molar-refractivity contribution in [2.75, 3.05) is 39.8 Å². The van der Waals surface area contributed by atoms with Crippen molar-refractivity contribution in [1.29, 1.82) is 0 Å². The summed E-state index contributed by atoms with van der Waals surface area (Å²) in [7, 11) is 2.04. The zero-order valence-electron chi connectivity index (χ0n) is 18.6. The molecule has 3 amide bonds. The van der Waals surface area contributed by atoms with Crippen LogP contribution in [0.2, 0.25) is 0 Å². The highest BCUT2D eigenvalue weighted by Gasteiger charge is 2.54. The smallest absolute Gasteiger partial charge is 0.321 e. The van der Waals surface area contributed by atoms with E-state index in [0.29, 0.717) is 12.5 Å². The Bertz CT molecular complexity index is 772. The molecule has 3 aliphatic rings. The molecule has 1 aromatic carbocycles. The number of nitrogens with one attached hydrogen (secondary N) is 2. The fourth-order valence-corrected chi connectivity index (χ4v) is 5.65. The van der Waals surface area contributed by atoms with Gasteiger partial charge in [-0.05, 0) is 57.1 Å². The fourth-order valence-electron chi connectivity index (χ4n) is 5.65. The molecule has 1 spiro atoms. The first-order valence-corrected chi connectivity index (χ1v) is 11.7. The summed E-state index contributed by atoms with van der Waals surface area (Å²) in [6.07, 6.45) is 7.43. The molecule has 0 bridgehead atoms. The van der Waals surface area contributed by atoms with Gasteiger partial charge in [0.05, 0.1) is 12.1 Å². The first-order valence-electron chi connectivity index (χ1n) is 11.7. The van der Waals surface area contributed by atoms with Crippen molar-refractivity contribution < 1.29 is 14.7 Å². The number of aliphatic hydroxyl groups is 1. The van der Waals surface area contributed by atoms with Gasteiger partial charge in [0.2, 0.25) is 5.91 Å². The SMILES string of the molecule is CN[C@]1(c2ccccc2)CC[C@]2(CC1)CN(CC(=O)NCCO)C(=O)N2CC1CCC1. The van der Waals surface area contributed by atoms with Gasteiger partial charge in [0.1, 0.15) is 6.54 Å². The Kier molecular flexibility index (Phi) is 6.53. The first-order chi connectivity index (χ1) is 15.0. The Balaban J connectivity index is 1.51. The second-order valence-corrected chi connectivity index (χ2v) is 9.54. The topological polar surface area (TPSA) is 84.9 Å². The second kappa shape index (κ2) is 9.17. The standard InChI is InChI=1S/C24H36N4O3/c1-25-24(20-8-3-2-4-9-20)12-10-23(11-13-24)18-27(17-21(30)26-14-15-29)22(31)28(23)16-19-6-5-7-19/h2-4,8-9,19,25,29H,5-7,10-18H2,1H3,(H,26,30)/t23-,24+. The number of carbonyl (C=O) groups excluding carboxylic acids is 2. The molecule has 1 aliphatic heterocycles. The number of hydrogen-bond acceptors (Lipinski definition) is 4. The monoisotopic (exact) mass is 428 g/mol. The van der Waals surface area contributed by atoms with Crippen LogP contribution in [-0.4, -0.2) is 72.2 Å². The highest BCUT2D eigenvalue weighted by Crippen LogP contribution is 2.47. The van der Waals surface area contributed by atoms with Crippen molar-refractivity contribution >= 4 is 11.9 Å². The average molecular weight is 429 g/mol. The Morgan fingerprint density at radius 3 is 2.45 bits per heavy atom. The van der Waals surface area contributed by atoms with Gasteiger partial charge in [0.25, 0.3) is 0 Å². The van der Waals surface area contributed by atoms with Gasteiger partial charge in [-0.25, -0.2) is 4.79 Å². The third-order valence-electron chi connectivity index (χ3n) is 7.83. The summed E-state index contributed by atoms with van der Waals surface area (Å²) in [5, 5.41) is 15.2. The molecular weight excluding hydrogens is 392 g/mol. The molecule has 7 heteroatoms. The summed E-state index contributed by atoms with van der Waals surface area (Å²) in [6.45, 7) is 1.62. The molecule has 1 heterocycles. The van der Waals surface area contributed by atoms with Crippen LogP contribution in [0.15, 0.2) is 30.3 Å². The molecule has 0 atom stereocenters. The zero-order chi connectivity index (χ0) is 21.9. The molecule has 2 saturated carbocycles. The number of hydrogen-bond donors (Lipinski definition) is 3. The van der Waals surface area contributed by atoms with Crippen LogP contribution >= 0.6 is 0 Å². The van der Waals surface area contributed by atoms with Crippen molar-refractivity contribution in [3.63, 3.8) is 0 Å². The van der Waals surface area contributed by atoms with Gasteiger partial charge in [-0.2, -0.15) is 0 Å². The van der Waals surface area contributed by atoms with Crippen molar-refractivity contribution in [3.05, 3.63) is 35.9 Å². The lowest BCUT2D eigenvalue weighted by atomic mass is 9.68. The van der Waals surface area contributed by atoms with Gasteiger partial charge in [-0.1, -0.05) is 36.8 Å². The van der Waals surface area contributed by atoms with Crippen LogP contribution in [0.4, 0.5) is 4.79 Å². The van der Waals surface area contributed by atoms with E-state index in [2.05, 4.69) is 39.8 Å². The summed E-state index contributed by atoms with van der Waals surface area (Å²) in [6, 6.07) is 10.6. The summed E-state index contributed by atoms with van der Waals surface area (Å²) < 4.78 is 0. The van der Waals surface area contributed by atoms with E-state index in [9.17, 15) is 9.59 Å². The minimum atomic E-state index is -0.201. The van der Waals surface area contributed by atoms with Crippen LogP contribution in [0.3, 0.4) is 0 Å². The summed E-state index contributed by atoms with van der Waals surface area (Å²) in [4.78, 5) is 29.5. The normalized spacial score (nSPS) is 28.8.